The van der Waals surface area contributed by atoms with Crippen molar-refractivity contribution in [2.24, 2.45) is 11.7 Å². The van der Waals surface area contributed by atoms with Crippen LogP contribution in [0.15, 0.2) is 18.2 Å². The number of nitro groups is 1. The van der Waals surface area contributed by atoms with Crippen molar-refractivity contribution in [3.05, 3.63) is 28.3 Å². The van der Waals surface area contributed by atoms with Crippen molar-refractivity contribution in [2.75, 3.05) is 18.5 Å². The largest absolute Gasteiger partial charge is 0.487 e. The summed E-state index contributed by atoms with van der Waals surface area (Å²) in [5, 5.41) is 14.3. The third-order valence-electron chi connectivity index (χ3n) is 2.88. The van der Waals surface area contributed by atoms with Gasteiger partial charge in [-0.25, -0.2) is 0 Å². The maximum Gasteiger partial charge on any atom is 0.333 e. The maximum absolute atomic E-state index is 11.2. The van der Waals surface area contributed by atoms with Crippen molar-refractivity contribution >= 4 is 11.4 Å². The Morgan fingerprint density at radius 2 is 2.16 bits per heavy atom. The molecule has 0 amide bonds. The van der Waals surface area contributed by atoms with Gasteiger partial charge in [-0.1, -0.05) is 19.9 Å². The van der Waals surface area contributed by atoms with Gasteiger partial charge in [0.2, 0.25) is 0 Å². The van der Waals surface area contributed by atoms with Gasteiger partial charge in [0.25, 0.3) is 0 Å². The number of nitrogens with two attached hydrogens (primary N) is 1. The van der Waals surface area contributed by atoms with Crippen LogP contribution < -0.4 is 15.8 Å². The maximum atomic E-state index is 11.2. The van der Waals surface area contributed by atoms with Crippen LogP contribution in [0.4, 0.5) is 11.4 Å². The zero-order valence-corrected chi connectivity index (χ0v) is 11.6. The molecule has 6 nitrogen and oxygen atoms in total. The Kier molecular flexibility index (Phi) is 5.57. The molecule has 1 rings (SSSR count). The second kappa shape index (κ2) is 6.94. The molecule has 0 aliphatic rings. The van der Waals surface area contributed by atoms with Gasteiger partial charge in [0.05, 0.1) is 11.5 Å². The first-order chi connectivity index (χ1) is 9.01. The summed E-state index contributed by atoms with van der Waals surface area (Å²) in [6.07, 6.45) is 0. The molecular weight excluding hydrogens is 246 g/mol. The summed E-state index contributed by atoms with van der Waals surface area (Å²) in [5.41, 5.74) is 6.09. The molecule has 0 fully saturated rings. The predicted molar refractivity (Wildman–Crippen MR) is 75.6 cm³/mol. The summed E-state index contributed by atoms with van der Waals surface area (Å²) in [7, 11) is 0. The number of hydrogen-bond acceptors (Lipinski definition) is 5. The third-order valence-corrected chi connectivity index (χ3v) is 2.88. The minimum atomic E-state index is -0.429. The number of hydrogen-bond donors (Lipinski definition) is 2. The van der Waals surface area contributed by atoms with Crippen molar-refractivity contribution in [1.82, 2.24) is 0 Å². The number of rotatable bonds is 7. The first kappa shape index (κ1) is 15.2. The lowest BCUT2D eigenvalue weighted by atomic mass is 10.0. The average molecular weight is 267 g/mol. The molecule has 1 aromatic carbocycles. The summed E-state index contributed by atoms with van der Waals surface area (Å²) in [5.74, 6) is 0.553. The quantitative estimate of drug-likeness (QED) is 0.584. The van der Waals surface area contributed by atoms with Crippen LogP contribution in [-0.4, -0.2) is 24.1 Å². The monoisotopic (exact) mass is 267 g/mol. The number of nitrogens with one attached hydrogen (secondary N) is 1. The van der Waals surface area contributed by atoms with Crippen LogP contribution in [-0.2, 0) is 0 Å². The van der Waals surface area contributed by atoms with Gasteiger partial charge in [-0.05, 0) is 25.0 Å². The number of para-hydroxylation sites is 1. The molecule has 0 radical (unpaired) electrons. The Labute approximate surface area is 113 Å². The van der Waals surface area contributed by atoms with Gasteiger partial charge in [0.1, 0.15) is 5.69 Å². The van der Waals surface area contributed by atoms with E-state index in [1.165, 1.54) is 0 Å². The lowest BCUT2D eigenvalue weighted by molar-refractivity contribution is -0.385. The molecule has 3 N–H and O–H groups in total. The Bertz CT molecular complexity index is 435. The third kappa shape index (κ3) is 3.82. The fraction of sp³-hybridized carbons (Fsp3) is 0.538. The minimum Gasteiger partial charge on any atom is -0.487 e. The van der Waals surface area contributed by atoms with Crippen LogP contribution in [0.2, 0.25) is 0 Å². The molecule has 0 saturated heterocycles. The molecule has 0 aliphatic heterocycles. The molecule has 0 bridgehead atoms. The molecule has 19 heavy (non-hydrogen) atoms. The number of nitrogens with zero attached hydrogens (tertiary/aromatic N) is 1. The second-order valence-electron chi connectivity index (χ2n) is 4.57. The molecule has 6 heteroatoms. The van der Waals surface area contributed by atoms with E-state index in [0.29, 0.717) is 18.8 Å². The Balaban J connectivity index is 3.12. The number of ether oxygens (including phenoxy) is 1. The summed E-state index contributed by atoms with van der Waals surface area (Å²) in [6, 6.07) is 4.98. The van der Waals surface area contributed by atoms with E-state index < -0.39 is 4.92 Å². The van der Waals surface area contributed by atoms with Crippen molar-refractivity contribution in [3.8, 4) is 5.75 Å². The van der Waals surface area contributed by atoms with E-state index in [4.69, 9.17) is 10.5 Å². The van der Waals surface area contributed by atoms with Crippen LogP contribution in [0.5, 0.6) is 5.75 Å². The number of nitro benzene ring substituents is 1. The second-order valence-corrected chi connectivity index (χ2v) is 4.57. The lowest BCUT2D eigenvalue weighted by Gasteiger charge is -2.22. The zero-order chi connectivity index (χ0) is 14.4. The molecular formula is C13H21N3O3. The molecule has 0 spiro atoms. The first-order valence-corrected chi connectivity index (χ1v) is 6.38. The molecule has 1 unspecified atom stereocenters. The molecule has 1 atom stereocenters. The van der Waals surface area contributed by atoms with Gasteiger partial charge in [0.15, 0.2) is 5.75 Å². The van der Waals surface area contributed by atoms with Crippen LogP contribution in [0.25, 0.3) is 0 Å². The summed E-state index contributed by atoms with van der Waals surface area (Å²) >= 11 is 0. The van der Waals surface area contributed by atoms with Gasteiger partial charge in [-0.2, -0.15) is 0 Å². The molecule has 106 valence electrons. The summed E-state index contributed by atoms with van der Waals surface area (Å²) in [4.78, 5) is 10.8. The Morgan fingerprint density at radius 3 is 2.63 bits per heavy atom. The van der Waals surface area contributed by atoms with Gasteiger partial charge in [0, 0.05) is 12.6 Å². The van der Waals surface area contributed by atoms with Gasteiger partial charge in [-0.15, -0.1) is 0 Å². The fourth-order valence-corrected chi connectivity index (χ4v) is 1.80. The standard InChI is InChI=1S/C13H21N3O3/c1-4-19-12-7-5-6-10(13(12)16(17)18)15-11(8-14)9(2)3/h5-7,9,11,15H,4,8,14H2,1-3H3. The molecule has 0 heterocycles. The number of anilines is 1. The van der Waals surface area contributed by atoms with Crippen molar-refractivity contribution in [1.29, 1.82) is 0 Å². The minimum absolute atomic E-state index is 0.0180. The van der Waals surface area contributed by atoms with E-state index in [-0.39, 0.29) is 23.4 Å². The zero-order valence-electron chi connectivity index (χ0n) is 11.6. The van der Waals surface area contributed by atoms with E-state index in [9.17, 15) is 10.1 Å². The van der Waals surface area contributed by atoms with E-state index in [0.717, 1.165) is 0 Å². The van der Waals surface area contributed by atoms with Crippen LogP contribution in [0.3, 0.4) is 0 Å². The summed E-state index contributed by atoms with van der Waals surface area (Å²) < 4.78 is 5.30. The Morgan fingerprint density at radius 1 is 1.47 bits per heavy atom. The van der Waals surface area contributed by atoms with Gasteiger partial charge < -0.3 is 15.8 Å². The number of benzene rings is 1. The van der Waals surface area contributed by atoms with Crippen molar-refractivity contribution < 1.29 is 9.66 Å². The van der Waals surface area contributed by atoms with Gasteiger partial charge >= 0.3 is 5.69 Å². The molecule has 0 aromatic heterocycles. The van der Waals surface area contributed by atoms with E-state index in [1.54, 1.807) is 25.1 Å². The van der Waals surface area contributed by atoms with Gasteiger partial charge in [-0.3, -0.25) is 10.1 Å². The SMILES string of the molecule is CCOc1cccc(NC(CN)C(C)C)c1[N+](=O)[O-]. The smallest absolute Gasteiger partial charge is 0.333 e. The first-order valence-electron chi connectivity index (χ1n) is 6.38. The normalized spacial score (nSPS) is 12.3. The van der Waals surface area contributed by atoms with E-state index in [2.05, 4.69) is 5.32 Å². The highest BCUT2D eigenvalue weighted by atomic mass is 16.6. The van der Waals surface area contributed by atoms with E-state index >= 15 is 0 Å². The lowest BCUT2D eigenvalue weighted by Crippen LogP contribution is -2.33. The average Bonchev–Trinajstić information content (AvgIpc) is 2.35. The fourth-order valence-electron chi connectivity index (χ4n) is 1.80. The Hall–Kier alpha value is -1.82. The predicted octanol–water partition coefficient (Wildman–Crippen LogP) is 2.39. The molecule has 1 aromatic rings. The summed E-state index contributed by atoms with van der Waals surface area (Å²) in [6.45, 7) is 6.62. The molecule has 0 aliphatic carbocycles. The molecule has 0 saturated carbocycles. The van der Waals surface area contributed by atoms with Crippen molar-refractivity contribution in [3.63, 3.8) is 0 Å². The highest BCUT2D eigenvalue weighted by Crippen LogP contribution is 2.35. The van der Waals surface area contributed by atoms with Crippen molar-refractivity contribution in [2.45, 2.75) is 26.8 Å². The van der Waals surface area contributed by atoms with Crippen LogP contribution in [0.1, 0.15) is 20.8 Å². The highest BCUT2D eigenvalue weighted by Gasteiger charge is 2.23. The van der Waals surface area contributed by atoms with Crippen LogP contribution >= 0.6 is 0 Å². The highest BCUT2D eigenvalue weighted by molar-refractivity contribution is 5.68. The topological polar surface area (TPSA) is 90.4 Å². The van der Waals surface area contributed by atoms with E-state index in [1.807, 2.05) is 13.8 Å². The van der Waals surface area contributed by atoms with Crippen LogP contribution in [0, 0.1) is 16.0 Å².